The molecule has 4 unspecified atom stereocenters. The highest BCUT2D eigenvalue weighted by Crippen LogP contribution is 2.68. The van der Waals surface area contributed by atoms with Crippen LogP contribution in [0, 0.1) is 0 Å². The van der Waals surface area contributed by atoms with Crippen LogP contribution in [0.2, 0.25) is 0 Å². The molecule has 0 aliphatic carbocycles. The third kappa shape index (κ3) is 6.89. The van der Waals surface area contributed by atoms with Gasteiger partial charge in [0.1, 0.15) is 0 Å². The average molecular weight is 278 g/mol. The van der Waals surface area contributed by atoms with Crippen LogP contribution in [0.25, 0.3) is 0 Å². The van der Waals surface area contributed by atoms with E-state index in [1.54, 1.807) is 12.3 Å². The summed E-state index contributed by atoms with van der Waals surface area (Å²) in [5, 5.41) is 0. The molecule has 1 fully saturated rings. The first kappa shape index (κ1) is 15.3. The zero-order valence-electron chi connectivity index (χ0n) is 11.1. The molecule has 1 aliphatic rings. The van der Waals surface area contributed by atoms with Crippen LogP contribution in [0.3, 0.4) is 0 Å². The predicted molar refractivity (Wildman–Crippen MR) is 85.4 cm³/mol. The highest BCUT2D eigenvalue weighted by Gasteiger charge is 2.14. The van der Waals surface area contributed by atoms with E-state index in [-0.39, 0.29) is 0 Å². The molecule has 0 aromatic heterocycles. The van der Waals surface area contributed by atoms with Crippen molar-refractivity contribution in [1.82, 2.24) is 0 Å². The molecule has 1 aliphatic heterocycles. The summed E-state index contributed by atoms with van der Waals surface area (Å²) < 4.78 is 0. The summed E-state index contributed by atoms with van der Waals surface area (Å²) in [6.45, 7) is 4.89. The summed E-state index contributed by atoms with van der Waals surface area (Å²) in [6.07, 6.45) is 15.2. The standard InChI is InChI=1S/C13H29P3/c1-3-13(2)16-12-10-8-6-4-5-7-9-11-14-15-16/h13-15H,3-12H2,1-2H3. The van der Waals surface area contributed by atoms with E-state index in [4.69, 9.17) is 0 Å². The smallest absolute Gasteiger partial charge is 0.0201 e. The molecule has 0 bridgehead atoms. The Hall–Kier alpha value is 1.29. The largest absolute Gasteiger partial charge is 0.0947 e. The molecule has 1 heterocycles. The first-order chi connectivity index (χ1) is 7.84. The first-order valence-corrected chi connectivity index (χ1v) is 12.7. The summed E-state index contributed by atoms with van der Waals surface area (Å²) in [5.74, 6) is 0. The van der Waals surface area contributed by atoms with Crippen molar-refractivity contribution in [3.05, 3.63) is 0 Å². The second-order valence-corrected chi connectivity index (χ2v) is 13.8. The number of hydrogen-bond acceptors (Lipinski definition) is 0. The van der Waals surface area contributed by atoms with E-state index in [0.717, 1.165) is 5.66 Å². The van der Waals surface area contributed by atoms with E-state index in [1.165, 1.54) is 67.6 Å². The van der Waals surface area contributed by atoms with E-state index in [9.17, 15) is 0 Å². The van der Waals surface area contributed by atoms with Crippen molar-refractivity contribution in [3.63, 3.8) is 0 Å². The van der Waals surface area contributed by atoms with Gasteiger partial charge in [0.25, 0.3) is 0 Å². The van der Waals surface area contributed by atoms with Crippen LogP contribution in [0.15, 0.2) is 0 Å². The quantitative estimate of drug-likeness (QED) is 0.528. The van der Waals surface area contributed by atoms with Gasteiger partial charge in [-0.2, -0.15) is 0 Å². The summed E-state index contributed by atoms with van der Waals surface area (Å²) in [7, 11) is 3.07. The van der Waals surface area contributed by atoms with Gasteiger partial charge < -0.3 is 0 Å². The van der Waals surface area contributed by atoms with Gasteiger partial charge >= 0.3 is 0 Å². The van der Waals surface area contributed by atoms with Crippen molar-refractivity contribution in [2.45, 2.75) is 70.9 Å². The topological polar surface area (TPSA) is 0 Å². The molecule has 0 amide bonds. The molecule has 96 valence electrons. The Balaban J connectivity index is 2.30. The van der Waals surface area contributed by atoms with Gasteiger partial charge in [-0.25, -0.2) is 0 Å². The van der Waals surface area contributed by atoms with Gasteiger partial charge in [0.15, 0.2) is 0 Å². The van der Waals surface area contributed by atoms with E-state index >= 15 is 0 Å². The molecule has 4 atom stereocenters. The van der Waals surface area contributed by atoms with Gasteiger partial charge in [-0.3, -0.25) is 0 Å². The summed E-state index contributed by atoms with van der Waals surface area (Å²) >= 11 is 0. The Bertz CT molecular complexity index is 149. The maximum atomic E-state index is 2.51. The van der Waals surface area contributed by atoms with Crippen LogP contribution in [0.5, 0.6) is 0 Å². The lowest BCUT2D eigenvalue weighted by atomic mass is 10.1. The molecule has 0 N–H and O–H groups in total. The number of hydrogen-bond donors (Lipinski definition) is 0. The fourth-order valence-electron chi connectivity index (χ4n) is 2.14. The van der Waals surface area contributed by atoms with Crippen LogP contribution >= 0.6 is 23.8 Å². The van der Waals surface area contributed by atoms with Crippen molar-refractivity contribution in [2.24, 2.45) is 0 Å². The molecule has 0 radical (unpaired) electrons. The van der Waals surface area contributed by atoms with E-state index < -0.39 is 0 Å². The molecular formula is C13H29P3. The lowest BCUT2D eigenvalue weighted by Crippen LogP contribution is -1.97. The van der Waals surface area contributed by atoms with Crippen molar-refractivity contribution < 1.29 is 0 Å². The maximum absolute atomic E-state index is 2.51. The van der Waals surface area contributed by atoms with Crippen LogP contribution in [0.1, 0.15) is 65.2 Å². The summed E-state index contributed by atoms with van der Waals surface area (Å²) in [4.78, 5) is 0. The Kier molecular flexibility index (Phi) is 9.82. The van der Waals surface area contributed by atoms with Crippen molar-refractivity contribution in [2.75, 3.05) is 12.3 Å². The number of rotatable bonds is 2. The van der Waals surface area contributed by atoms with Crippen LogP contribution in [-0.4, -0.2) is 18.0 Å². The Morgan fingerprint density at radius 2 is 1.62 bits per heavy atom. The Morgan fingerprint density at radius 3 is 2.31 bits per heavy atom. The Morgan fingerprint density at radius 1 is 1.00 bits per heavy atom. The molecule has 0 saturated carbocycles. The molecule has 1 rings (SSSR count). The summed E-state index contributed by atoms with van der Waals surface area (Å²) in [6, 6.07) is 0. The second-order valence-electron chi connectivity index (χ2n) is 4.96. The Labute approximate surface area is 107 Å². The van der Waals surface area contributed by atoms with Crippen LogP contribution < -0.4 is 0 Å². The monoisotopic (exact) mass is 278 g/mol. The minimum atomic E-state index is 0.414. The SMILES string of the molecule is CCC(C)P1CCCCCCCCCPP1. The molecular weight excluding hydrogens is 249 g/mol. The molecule has 3 heteroatoms. The average Bonchev–Trinajstić information content (AvgIpc) is 2.29. The van der Waals surface area contributed by atoms with Gasteiger partial charge in [-0.05, 0) is 37.2 Å². The highest BCUT2D eigenvalue weighted by molar-refractivity contribution is 8.48. The molecule has 16 heavy (non-hydrogen) atoms. The molecule has 0 spiro atoms. The fourth-order valence-corrected chi connectivity index (χ4v) is 14.0. The predicted octanol–water partition coefficient (Wildman–Crippen LogP) is 6.20. The zero-order valence-corrected chi connectivity index (χ0v) is 14.0. The van der Waals surface area contributed by atoms with E-state index in [0.29, 0.717) is 7.61 Å². The fraction of sp³-hybridized carbons (Fsp3) is 1.00. The van der Waals surface area contributed by atoms with Crippen molar-refractivity contribution in [3.8, 4) is 0 Å². The third-order valence-electron chi connectivity index (χ3n) is 3.55. The third-order valence-corrected chi connectivity index (χ3v) is 14.9. The van der Waals surface area contributed by atoms with Gasteiger partial charge in [-0.15, -0.1) is 0 Å². The highest BCUT2D eigenvalue weighted by atomic mass is 32.4. The van der Waals surface area contributed by atoms with Crippen LogP contribution in [0.4, 0.5) is 0 Å². The molecule has 1 saturated heterocycles. The molecule has 0 aromatic rings. The normalized spacial score (nSPS) is 30.8. The van der Waals surface area contributed by atoms with Gasteiger partial charge in [-0.1, -0.05) is 69.8 Å². The van der Waals surface area contributed by atoms with E-state index in [1.807, 2.05) is 0 Å². The first-order valence-electron chi connectivity index (χ1n) is 7.09. The maximum Gasteiger partial charge on any atom is -0.0201 e. The lowest BCUT2D eigenvalue weighted by molar-refractivity contribution is 0.604. The minimum Gasteiger partial charge on any atom is -0.0947 e. The zero-order chi connectivity index (χ0) is 11.6. The van der Waals surface area contributed by atoms with Gasteiger partial charge in [0.2, 0.25) is 0 Å². The van der Waals surface area contributed by atoms with Crippen molar-refractivity contribution in [1.29, 1.82) is 0 Å². The second kappa shape index (κ2) is 10.2. The summed E-state index contributed by atoms with van der Waals surface area (Å²) in [5.41, 5.74) is 1.05. The van der Waals surface area contributed by atoms with Gasteiger partial charge in [0, 0.05) is 0 Å². The minimum absolute atomic E-state index is 0.414. The van der Waals surface area contributed by atoms with Crippen molar-refractivity contribution >= 4 is 23.8 Å². The lowest BCUT2D eigenvalue weighted by Gasteiger charge is -2.24. The van der Waals surface area contributed by atoms with Crippen LogP contribution in [-0.2, 0) is 0 Å². The van der Waals surface area contributed by atoms with E-state index in [2.05, 4.69) is 13.8 Å². The molecule has 0 aromatic carbocycles. The van der Waals surface area contributed by atoms with Gasteiger partial charge in [0.05, 0.1) is 0 Å². The molecule has 0 nitrogen and oxygen atoms in total.